The maximum absolute atomic E-state index is 11.0. The van der Waals surface area contributed by atoms with Crippen LogP contribution in [0.15, 0.2) is 16.5 Å². The molecule has 0 saturated carbocycles. The van der Waals surface area contributed by atoms with Gasteiger partial charge < -0.3 is 9.57 Å². The number of hydrogen-bond donors (Lipinski definition) is 0. The van der Waals surface area contributed by atoms with Gasteiger partial charge in [-0.05, 0) is 20.8 Å². The molecule has 0 aliphatic carbocycles. The summed E-state index contributed by atoms with van der Waals surface area (Å²) < 4.78 is 5.16. The van der Waals surface area contributed by atoms with E-state index in [0.717, 1.165) is 0 Å². The van der Waals surface area contributed by atoms with Crippen LogP contribution in [0.25, 0.3) is 0 Å². The summed E-state index contributed by atoms with van der Waals surface area (Å²) in [5.74, 6) is 0.139. The molecule has 0 atom stereocenters. The van der Waals surface area contributed by atoms with Crippen molar-refractivity contribution in [3.63, 3.8) is 0 Å². The van der Waals surface area contributed by atoms with E-state index < -0.39 is 5.97 Å². The standard InChI is InChI=1S/C8H11NO3/c1-4-11-6(3)7-5(2)9-12-8(7)10/h4H2,1-3H3. The second kappa shape index (κ2) is 3.38. The van der Waals surface area contributed by atoms with E-state index in [2.05, 4.69) is 9.99 Å². The summed E-state index contributed by atoms with van der Waals surface area (Å²) in [5.41, 5.74) is 1.02. The number of carbonyl (C=O) groups is 1. The van der Waals surface area contributed by atoms with Gasteiger partial charge in [0.25, 0.3) is 0 Å². The van der Waals surface area contributed by atoms with Gasteiger partial charge in [0.2, 0.25) is 0 Å². The first-order chi connectivity index (χ1) is 5.66. The zero-order valence-corrected chi connectivity index (χ0v) is 7.38. The van der Waals surface area contributed by atoms with Crippen molar-refractivity contribution >= 4 is 11.7 Å². The van der Waals surface area contributed by atoms with Gasteiger partial charge in [-0.1, -0.05) is 5.16 Å². The zero-order valence-electron chi connectivity index (χ0n) is 7.38. The zero-order chi connectivity index (χ0) is 9.14. The predicted molar refractivity (Wildman–Crippen MR) is 43.5 cm³/mol. The van der Waals surface area contributed by atoms with Crippen molar-refractivity contribution in [1.29, 1.82) is 0 Å². The first kappa shape index (κ1) is 8.77. The Balaban J connectivity index is 2.91. The number of oxime groups is 1. The quantitative estimate of drug-likeness (QED) is 0.355. The number of nitrogens with zero attached hydrogens (tertiary/aromatic N) is 1. The second-order valence-corrected chi connectivity index (χ2v) is 2.42. The lowest BCUT2D eigenvalue weighted by atomic mass is 10.1. The summed E-state index contributed by atoms with van der Waals surface area (Å²) in [6, 6.07) is 0. The Hall–Kier alpha value is -1.32. The molecule has 0 aromatic rings. The van der Waals surface area contributed by atoms with Crippen LogP contribution in [-0.2, 0) is 14.4 Å². The van der Waals surface area contributed by atoms with Crippen LogP contribution in [0.4, 0.5) is 0 Å². The van der Waals surface area contributed by atoms with E-state index >= 15 is 0 Å². The van der Waals surface area contributed by atoms with E-state index in [1.807, 2.05) is 6.92 Å². The maximum atomic E-state index is 11.0. The summed E-state index contributed by atoms with van der Waals surface area (Å²) in [4.78, 5) is 15.5. The first-order valence-electron chi connectivity index (χ1n) is 3.76. The molecule has 4 nitrogen and oxygen atoms in total. The Labute approximate surface area is 70.8 Å². The summed E-state index contributed by atoms with van der Waals surface area (Å²) in [6.45, 7) is 5.83. The van der Waals surface area contributed by atoms with Gasteiger partial charge in [0.1, 0.15) is 11.3 Å². The fourth-order valence-corrected chi connectivity index (χ4v) is 1.04. The molecule has 4 heteroatoms. The van der Waals surface area contributed by atoms with E-state index in [4.69, 9.17) is 4.74 Å². The molecule has 0 fully saturated rings. The van der Waals surface area contributed by atoms with Gasteiger partial charge >= 0.3 is 5.97 Å². The van der Waals surface area contributed by atoms with Crippen molar-refractivity contribution in [3.8, 4) is 0 Å². The van der Waals surface area contributed by atoms with Crippen LogP contribution in [0, 0.1) is 0 Å². The third kappa shape index (κ3) is 1.47. The van der Waals surface area contributed by atoms with Crippen LogP contribution in [0.5, 0.6) is 0 Å². The normalized spacial score (nSPS) is 20.2. The van der Waals surface area contributed by atoms with Gasteiger partial charge in [0.15, 0.2) is 0 Å². The highest BCUT2D eigenvalue weighted by Crippen LogP contribution is 2.15. The molecule has 1 aliphatic heterocycles. The van der Waals surface area contributed by atoms with Crippen molar-refractivity contribution in [3.05, 3.63) is 11.3 Å². The lowest BCUT2D eigenvalue weighted by Gasteiger charge is -2.03. The van der Waals surface area contributed by atoms with Crippen LogP contribution < -0.4 is 0 Å². The molecule has 0 amide bonds. The highest BCUT2D eigenvalue weighted by atomic mass is 16.7. The van der Waals surface area contributed by atoms with E-state index in [9.17, 15) is 4.79 Å². The van der Waals surface area contributed by atoms with E-state index in [1.54, 1.807) is 13.8 Å². The minimum atomic E-state index is -0.432. The third-order valence-corrected chi connectivity index (χ3v) is 1.54. The predicted octanol–water partition coefficient (Wildman–Crippen LogP) is 1.23. The lowest BCUT2D eigenvalue weighted by molar-refractivity contribution is -0.137. The van der Waals surface area contributed by atoms with Crippen molar-refractivity contribution in [1.82, 2.24) is 0 Å². The number of ether oxygens (including phenoxy) is 1. The number of allylic oxidation sites excluding steroid dienone is 1. The molecule has 0 saturated heterocycles. The molecule has 0 spiro atoms. The largest absolute Gasteiger partial charge is 0.498 e. The first-order valence-corrected chi connectivity index (χ1v) is 3.76. The molecular formula is C8H11NO3. The minimum absolute atomic E-state index is 0.432. The third-order valence-electron chi connectivity index (χ3n) is 1.54. The molecule has 0 N–H and O–H groups in total. The molecule has 12 heavy (non-hydrogen) atoms. The van der Waals surface area contributed by atoms with Gasteiger partial charge in [0, 0.05) is 0 Å². The smallest absolute Gasteiger partial charge is 0.371 e. The van der Waals surface area contributed by atoms with Gasteiger partial charge in [-0.3, -0.25) is 0 Å². The van der Waals surface area contributed by atoms with Crippen molar-refractivity contribution in [2.45, 2.75) is 20.8 Å². The highest BCUT2D eigenvalue weighted by molar-refractivity contribution is 6.21. The maximum Gasteiger partial charge on any atom is 0.371 e. The molecule has 66 valence electrons. The van der Waals surface area contributed by atoms with Crippen LogP contribution in [0.1, 0.15) is 20.8 Å². The Bertz CT molecular complexity index is 265. The van der Waals surface area contributed by atoms with Crippen LogP contribution in [0.2, 0.25) is 0 Å². The van der Waals surface area contributed by atoms with Crippen LogP contribution in [-0.4, -0.2) is 18.3 Å². The summed E-state index contributed by atoms with van der Waals surface area (Å²) in [6.07, 6.45) is 0. The molecule has 0 bridgehead atoms. The Morgan fingerprint density at radius 3 is 2.75 bits per heavy atom. The minimum Gasteiger partial charge on any atom is -0.498 e. The molecule has 0 unspecified atom stereocenters. The SMILES string of the molecule is CCOC(C)=C1C(=O)ON=C1C. The molecule has 0 aromatic heterocycles. The van der Waals surface area contributed by atoms with E-state index in [1.165, 1.54) is 0 Å². The van der Waals surface area contributed by atoms with Crippen molar-refractivity contribution < 1.29 is 14.4 Å². The van der Waals surface area contributed by atoms with Crippen molar-refractivity contribution in [2.75, 3.05) is 6.61 Å². The van der Waals surface area contributed by atoms with Crippen LogP contribution >= 0.6 is 0 Å². The Morgan fingerprint density at radius 1 is 1.67 bits per heavy atom. The van der Waals surface area contributed by atoms with Gasteiger partial charge in [0.05, 0.1) is 12.3 Å². The number of rotatable bonds is 2. The fraction of sp³-hybridized carbons (Fsp3) is 0.500. The fourth-order valence-electron chi connectivity index (χ4n) is 1.04. The van der Waals surface area contributed by atoms with Gasteiger partial charge in [-0.2, -0.15) is 0 Å². The average Bonchev–Trinajstić information content (AvgIpc) is 2.32. The molecule has 1 aliphatic rings. The topological polar surface area (TPSA) is 47.9 Å². The summed E-state index contributed by atoms with van der Waals surface area (Å²) >= 11 is 0. The Morgan fingerprint density at radius 2 is 2.33 bits per heavy atom. The van der Waals surface area contributed by atoms with Gasteiger partial charge in [-0.25, -0.2) is 4.79 Å². The highest BCUT2D eigenvalue weighted by Gasteiger charge is 2.25. The average molecular weight is 169 g/mol. The molecule has 0 aromatic carbocycles. The second-order valence-electron chi connectivity index (χ2n) is 2.42. The molecule has 1 rings (SSSR count). The van der Waals surface area contributed by atoms with E-state index in [-0.39, 0.29) is 0 Å². The molecular weight excluding hydrogens is 158 g/mol. The van der Waals surface area contributed by atoms with Gasteiger partial charge in [-0.15, -0.1) is 0 Å². The van der Waals surface area contributed by atoms with Crippen molar-refractivity contribution in [2.24, 2.45) is 5.16 Å². The summed E-state index contributed by atoms with van der Waals surface area (Å²) in [7, 11) is 0. The number of carbonyl (C=O) groups excluding carboxylic acids is 1. The summed E-state index contributed by atoms with van der Waals surface area (Å²) in [5, 5.41) is 3.53. The van der Waals surface area contributed by atoms with E-state index in [0.29, 0.717) is 23.7 Å². The lowest BCUT2D eigenvalue weighted by Crippen LogP contribution is -2.07. The monoisotopic (exact) mass is 169 g/mol. The Kier molecular flexibility index (Phi) is 2.47. The molecule has 0 radical (unpaired) electrons. The van der Waals surface area contributed by atoms with Crippen LogP contribution in [0.3, 0.4) is 0 Å². The number of hydrogen-bond acceptors (Lipinski definition) is 4. The molecule has 1 heterocycles.